The molecule has 1 aromatic carbocycles. The van der Waals surface area contributed by atoms with E-state index in [0.29, 0.717) is 29.4 Å². The van der Waals surface area contributed by atoms with Crippen LogP contribution in [-0.4, -0.2) is 33.8 Å². The van der Waals surface area contributed by atoms with E-state index in [1.807, 2.05) is 13.0 Å². The summed E-state index contributed by atoms with van der Waals surface area (Å²) in [7, 11) is 4.52. The predicted octanol–water partition coefficient (Wildman–Crippen LogP) is 2.15. The first-order valence-electron chi connectivity index (χ1n) is 6.81. The average Bonchev–Trinajstić information content (AvgIpc) is 2.56. The molecule has 22 heavy (non-hydrogen) atoms. The second-order valence-electron chi connectivity index (χ2n) is 4.38. The molecule has 0 aliphatic carbocycles. The van der Waals surface area contributed by atoms with Gasteiger partial charge in [0.05, 0.1) is 21.3 Å². The Labute approximate surface area is 130 Å². The summed E-state index contributed by atoms with van der Waals surface area (Å²) in [6.45, 7) is 2.46. The maximum Gasteiger partial charge on any atom is 0.261 e. The first kappa shape index (κ1) is 17.4. The highest BCUT2D eigenvalue weighted by atomic mass is 16.5. The van der Waals surface area contributed by atoms with Crippen molar-refractivity contribution in [3.8, 4) is 23.3 Å². The van der Waals surface area contributed by atoms with Gasteiger partial charge in [0.15, 0.2) is 11.5 Å². The van der Waals surface area contributed by atoms with Gasteiger partial charge in [0.25, 0.3) is 5.91 Å². The molecule has 1 aromatic rings. The lowest BCUT2D eigenvalue weighted by Gasteiger charge is -2.13. The van der Waals surface area contributed by atoms with Gasteiger partial charge in [-0.2, -0.15) is 5.26 Å². The van der Waals surface area contributed by atoms with Crippen LogP contribution in [0.25, 0.3) is 6.08 Å². The Bertz CT molecular complexity index is 578. The number of nitrogens with one attached hydrogen (secondary N) is 1. The molecular weight excluding hydrogens is 284 g/mol. The van der Waals surface area contributed by atoms with Crippen molar-refractivity contribution in [1.29, 1.82) is 5.26 Å². The first-order valence-corrected chi connectivity index (χ1v) is 6.81. The summed E-state index contributed by atoms with van der Waals surface area (Å²) in [6.07, 6.45) is 2.28. The summed E-state index contributed by atoms with van der Waals surface area (Å²) in [6, 6.07) is 5.24. The van der Waals surface area contributed by atoms with Crippen LogP contribution < -0.4 is 19.5 Å². The van der Waals surface area contributed by atoms with Crippen molar-refractivity contribution in [2.45, 2.75) is 13.3 Å². The minimum atomic E-state index is -0.405. The number of nitriles is 1. The van der Waals surface area contributed by atoms with Gasteiger partial charge in [-0.05, 0) is 30.2 Å². The average molecular weight is 304 g/mol. The minimum absolute atomic E-state index is 0.0164. The van der Waals surface area contributed by atoms with Gasteiger partial charge in [0.1, 0.15) is 11.6 Å². The Morgan fingerprint density at radius 1 is 1.23 bits per heavy atom. The molecule has 0 atom stereocenters. The van der Waals surface area contributed by atoms with Crippen molar-refractivity contribution in [1.82, 2.24) is 5.32 Å². The van der Waals surface area contributed by atoms with E-state index in [1.54, 1.807) is 12.1 Å². The standard InChI is InChI=1S/C16H20N2O4/c1-5-6-18-16(19)12(10-17)7-11-8-13(20-2)15(22-4)14(9-11)21-3/h7-9H,5-6H2,1-4H3,(H,18,19). The largest absolute Gasteiger partial charge is 0.493 e. The molecule has 1 rings (SSSR count). The van der Waals surface area contributed by atoms with E-state index in [4.69, 9.17) is 19.5 Å². The zero-order valence-corrected chi connectivity index (χ0v) is 13.2. The van der Waals surface area contributed by atoms with Crippen LogP contribution in [-0.2, 0) is 4.79 Å². The number of carbonyl (C=O) groups is 1. The molecule has 0 aliphatic rings. The van der Waals surface area contributed by atoms with Crippen molar-refractivity contribution in [2.24, 2.45) is 0 Å². The summed E-state index contributed by atoms with van der Waals surface area (Å²) in [5, 5.41) is 11.8. The molecule has 0 aromatic heterocycles. The number of carbonyl (C=O) groups excluding carboxylic acids is 1. The second kappa shape index (κ2) is 8.57. The molecule has 0 spiro atoms. The number of ether oxygens (including phenoxy) is 3. The number of nitrogens with zero attached hydrogens (tertiary/aromatic N) is 1. The lowest BCUT2D eigenvalue weighted by atomic mass is 10.1. The normalized spacial score (nSPS) is 10.6. The maximum absolute atomic E-state index is 11.9. The lowest BCUT2D eigenvalue weighted by molar-refractivity contribution is -0.117. The molecule has 6 heteroatoms. The Morgan fingerprint density at radius 2 is 1.82 bits per heavy atom. The summed E-state index contributed by atoms with van der Waals surface area (Å²) in [4.78, 5) is 11.9. The topological polar surface area (TPSA) is 80.6 Å². The molecule has 0 bridgehead atoms. The fraction of sp³-hybridized carbons (Fsp3) is 0.375. The highest BCUT2D eigenvalue weighted by molar-refractivity contribution is 6.01. The van der Waals surface area contributed by atoms with E-state index in [-0.39, 0.29) is 5.57 Å². The second-order valence-corrected chi connectivity index (χ2v) is 4.38. The van der Waals surface area contributed by atoms with Gasteiger partial charge in [0, 0.05) is 6.54 Å². The zero-order chi connectivity index (χ0) is 16.5. The molecule has 118 valence electrons. The van der Waals surface area contributed by atoms with Gasteiger partial charge in [-0.1, -0.05) is 6.92 Å². The van der Waals surface area contributed by atoms with Gasteiger partial charge in [-0.25, -0.2) is 0 Å². The van der Waals surface area contributed by atoms with Gasteiger partial charge < -0.3 is 19.5 Å². The fourth-order valence-electron chi connectivity index (χ4n) is 1.83. The van der Waals surface area contributed by atoms with Crippen LogP contribution in [0.5, 0.6) is 17.2 Å². The molecule has 0 radical (unpaired) electrons. The third-order valence-electron chi connectivity index (χ3n) is 2.90. The van der Waals surface area contributed by atoms with Gasteiger partial charge in [-0.3, -0.25) is 4.79 Å². The van der Waals surface area contributed by atoms with Crippen molar-refractivity contribution in [2.75, 3.05) is 27.9 Å². The van der Waals surface area contributed by atoms with Crippen molar-refractivity contribution in [3.63, 3.8) is 0 Å². The quantitative estimate of drug-likeness (QED) is 0.616. The number of benzene rings is 1. The highest BCUT2D eigenvalue weighted by Gasteiger charge is 2.14. The Balaban J connectivity index is 3.22. The number of rotatable bonds is 7. The van der Waals surface area contributed by atoms with Crippen molar-refractivity contribution >= 4 is 12.0 Å². The van der Waals surface area contributed by atoms with Crippen LogP contribution in [0, 0.1) is 11.3 Å². The minimum Gasteiger partial charge on any atom is -0.493 e. The summed E-state index contributed by atoms with van der Waals surface area (Å²) in [5.74, 6) is 0.966. The van der Waals surface area contributed by atoms with Crippen LogP contribution in [0.1, 0.15) is 18.9 Å². The number of amides is 1. The molecule has 1 N–H and O–H groups in total. The number of methoxy groups -OCH3 is 3. The van der Waals surface area contributed by atoms with E-state index < -0.39 is 5.91 Å². The summed E-state index contributed by atoms with van der Waals surface area (Å²) >= 11 is 0. The summed E-state index contributed by atoms with van der Waals surface area (Å²) in [5.41, 5.74) is 0.625. The molecule has 0 saturated carbocycles. The number of hydrogen-bond donors (Lipinski definition) is 1. The fourth-order valence-corrected chi connectivity index (χ4v) is 1.83. The van der Waals surface area contributed by atoms with Crippen LogP contribution >= 0.6 is 0 Å². The van der Waals surface area contributed by atoms with E-state index in [9.17, 15) is 4.79 Å². The van der Waals surface area contributed by atoms with Crippen LogP contribution in [0.3, 0.4) is 0 Å². The van der Waals surface area contributed by atoms with Crippen LogP contribution in [0.4, 0.5) is 0 Å². The Kier molecular flexibility index (Phi) is 6.77. The Morgan fingerprint density at radius 3 is 2.23 bits per heavy atom. The molecule has 0 aliphatic heterocycles. The molecule has 0 fully saturated rings. The van der Waals surface area contributed by atoms with E-state index in [2.05, 4.69) is 5.32 Å². The van der Waals surface area contributed by atoms with Gasteiger partial charge >= 0.3 is 0 Å². The summed E-state index contributed by atoms with van der Waals surface area (Å²) < 4.78 is 15.7. The zero-order valence-electron chi connectivity index (χ0n) is 13.2. The predicted molar refractivity (Wildman–Crippen MR) is 83.0 cm³/mol. The lowest BCUT2D eigenvalue weighted by Crippen LogP contribution is -2.25. The molecule has 0 unspecified atom stereocenters. The Hall–Kier alpha value is -2.68. The smallest absolute Gasteiger partial charge is 0.261 e. The van der Waals surface area contributed by atoms with Crippen LogP contribution in [0.2, 0.25) is 0 Å². The molecule has 1 amide bonds. The van der Waals surface area contributed by atoms with Crippen molar-refractivity contribution in [3.05, 3.63) is 23.3 Å². The first-order chi connectivity index (χ1) is 10.6. The molecule has 0 saturated heterocycles. The maximum atomic E-state index is 11.9. The van der Waals surface area contributed by atoms with Gasteiger partial charge in [-0.15, -0.1) is 0 Å². The number of hydrogen-bond acceptors (Lipinski definition) is 5. The van der Waals surface area contributed by atoms with Crippen LogP contribution in [0.15, 0.2) is 17.7 Å². The van der Waals surface area contributed by atoms with Crippen molar-refractivity contribution < 1.29 is 19.0 Å². The monoisotopic (exact) mass is 304 g/mol. The SMILES string of the molecule is CCCNC(=O)C(C#N)=Cc1cc(OC)c(OC)c(OC)c1. The third kappa shape index (κ3) is 4.16. The molecule has 0 heterocycles. The third-order valence-corrected chi connectivity index (χ3v) is 2.90. The molecule has 6 nitrogen and oxygen atoms in total. The van der Waals surface area contributed by atoms with E-state index in [0.717, 1.165) is 6.42 Å². The van der Waals surface area contributed by atoms with Gasteiger partial charge in [0.2, 0.25) is 5.75 Å². The van der Waals surface area contributed by atoms with E-state index >= 15 is 0 Å². The van der Waals surface area contributed by atoms with E-state index in [1.165, 1.54) is 27.4 Å². The molecular formula is C16H20N2O4. The highest BCUT2D eigenvalue weighted by Crippen LogP contribution is 2.38.